The molecule has 2 rings (SSSR count). The maximum absolute atomic E-state index is 11.4. The summed E-state index contributed by atoms with van der Waals surface area (Å²) in [5.41, 5.74) is 1.28. The van der Waals surface area contributed by atoms with Crippen LogP contribution in [0.25, 0.3) is 0 Å². The predicted octanol–water partition coefficient (Wildman–Crippen LogP) is 2.46. The van der Waals surface area contributed by atoms with Crippen molar-refractivity contribution in [3.8, 4) is 0 Å². The molecule has 1 aromatic carbocycles. The SMILES string of the molecule is COCCCNc1ccnc(Nc2ccc(C(=O)OC)cc2)n1. The van der Waals surface area contributed by atoms with E-state index in [0.29, 0.717) is 18.1 Å². The molecule has 0 aliphatic rings. The molecule has 0 fully saturated rings. The highest BCUT2D eigenvalue weighted by molar-refractivity contribution is 5.89. The van der Waals surface area contributed by atoms with Crippen LogP contribution < -0.4 is 10.6 Å². The van der Waals surface area contributed by atoms with Crippen molar-refractivity contribution in [1.29, 1.82) is 0 Å². The number of methoxy groups -OCH3 is 2. The second kappa shape index (κ2) is 8.70. The number of nitrogens with zero attached hydrogens (tertiary/aromatic N) is 2. The predicted molar refractivity (Wildman–Crippen MR) is 88.1 cm³/mol. The first kappa shape index (κ1) is 16.7. The van der Waals surface area contributed by atoms with Crippen LogP contribution in [0.5, 0.6) is 0 Å². The van der Waals surface area contributed by atoms with Crippen LogP contribution in [0.1, 0.15) is 16.8 Å². The van der Waals surface area contributed by atoms with Gasteiger partial charge in [0.2, 0.25) is 5.95 Å². The van der Waals surface area contributed by atoms with Crippen LogP contribution >= 0.6 is 0 Å². The first-order valence-corrected chi connectivity index (χ1v) is 7.24. The molecule has 23 heavy (non-hydrogen) atoms. The van der Waals surface area contributed by atoms with Gasteiger partial charge >= 0.3 is 5.97 Å². The van der Waals surface area contributed by atoms with Crippen LogP contribution in [0.4, 0.5) is 17.5 Å². The van der Waals surface area contributed by atoms with E-state index in [-0.39, 0.29) is 5.97 Å². The smallest absolute Gasteiger partial charge is 0.337 e. The third-order valence-corrected chi connectivity index (χ3v) is 3.05. The van der Waals surface area contributed by atoms with Crippen LogP contribution in [-0.4, -0.2) is 43.3 Å². The lowest BCUT2D eigenvalue weighted by atomic mass is 10.2. The molecule has 0 saturated carbocycles. The molecule has 0 aliphatic heterocycles. The van der Waals surface area contributed by atoms with Crippen LogP contribution in [0.2, 0.25) is 0 Å². The van der Waals surface area contributed by atoms with Crippen LogP contribution in [0.15, 0.2) is 36.5 Å². The first-order chi connectivity index (χ1) is 11.2. The van der Waals surface area contributed by atoms with E-state index in [2.05, 4.69) is 25.3 Å². The summed E-state index contributed by atoms with van der Waals surface area (Å²) in [5, 5.41) is 6.30. The first-order valence-electron chi connectivity index (χ1n) is 7.24. The van der Waals surface area contributed by atoms with Gasteiger partial charge in [-0.3, -0.25) is 0 Å². The molecule has 2 aromatic rings. The molecule has 0 radical (unpaired) electrons. The van der Waals surface area contributed by atoms with Gasteiger partial charge in [-0.05, 0) is 36.8 Å². The number of rotatable bonds is 8. The van der Waals surface area contributed by atoms with E-state index in [0.717, 1.165) is 24.5 Å². The standard InChI is InChI=1S/C16H20N4O3/c1-22-11-3-9-17-14-8-10-18-16(20-14)19-13-6-4-12(5-7-13)15(21)23-2/h4-8,10H,3,9,11H2,1-2H3,(H2,17,18,19,20). The van der Waals surface area contributed by atoms with Gasteiger partial charge in [-0.1, -0.05) is 0 Å². The molecule has 0 aliphatic carbocycles. The molecule has 7 heteroatoms. The molecule has 1 aromatic heterocycles. The van der Waals surface area contributed by atoms with Crippen molar-refractivity contribution < 1.29 is 14.3 Å². The van der Waals surface area contributed by atoms with Crippen molar-refractivity contribution in [2.45, 2.75) is 6.42 Å². The third kappa shape index (κ3) is 5.23. The Hall–Kier alpha value is -2.67. The fraction of sp³-hybridized carbons (Fsp3) is 0.312. The second-order valence-electron chi connectivity index (χ2n) is 4.73. The number of carbonyl (C=O) groups is 1. The lowest BCUT2D eigenvalue weighted by Gasteiger charge is -2.08. The molecule has 0 saturated heterocycles. The number of aromatic nitrogens is 2. The van der Waals surface area contributed by atoms with E-state index in [4.69, 9.17) is 4.74 Å². The number of ether oxygens (including phenoxy) is 2. The molecular formula is C16H20N4O3. The average Bonchev–Trinajstić information content (AvgIpc) is 2.59. The summed E-state index contributed by atoms with van der Waals surface area (Å²) < 4.78 is 9.66. The van der Waals surface area contributed by atoms with E-state index >= 15 is 0 Å². The summed E-state index contributed by atoms with van der Waals surface area (Å²) in [5.74, 6) is 0.854. The van der Waals surface area contributed by atoms with Gasteiger partial charge in [0.15, 0.2) is 0 Å². The highest BCUT2D eigenvalue weighted by atomic mass is 16.5. The molecule has 7 nitrogen and oxygen atoms in total. The van der Waals surface area contributed by atoms with E-state index in [9.17, 15) is 4.79 Å². The Morgan fingerprint density at radius 2 is 1.96 bits per heavy atom. The zero-order valence-corrected chi connectivity index (χ0v) is 13.2. The van der Waals surface area contributed by atoms with E-state index in [1.54, 1.807) is 43.6 Å². The topological polar surface area (TPSA) is 85.4 Å². The summed E-state index contributed by atoms with van der Waals surface area (Å²) in [4.78, 5) is 19.9. The number of hydrogen-bond acceptors (Lipinski definition) is 7. The maximum Gasteiger partial charge on any atom is 0.337 e. The van der Waals surface area contributed by atoms with Crippen molar-refractivity contribution in [2.24, 2.45) is 0 Å². The Morgan fingerprint density at radius 3 is 2.65 bits per heavy atom. The molecule has 122 valence electrons. The van der Waals surface area contributed by atoms with E-state index < -0.39 is 0 Å². The normalized spacial score (nSPS) is 10.2. The van der Waals surface area contributed by atoms with E-state index in [1.807, 2.05) is 0 Å². The summed E-state index contributed by atoms with van der Waals surface area (Å²) in [6, 6.07) is 8.71. The molecule has 0 unspecified atom stereocenters. The summed E-state index contributed by atoms with van der Waals surface area (Å²) in [6.45, 7) is 1.48. The Labute approximate surface area is 135 Å². The van der Waals surface area contributed by atoms with Crippen molar-refractivity contribution >= 4 is 23.4 Å². The van der Waals surface area contributed by atoms with Gasteiger partial charge in [0.05, 0.1) is 12.7 Å². The monoisotopic (exact) mass is 316 g/mol. The fourth-order valence-corrected chi connectivity index (χ4v) is 1.89. The van der Waals surface area contributed by atoms with Gasteiger partial charge in [-0.15, -0.1) is 0 Å². The highest BCUT2D eigenvalue weighted by Gasteiger charge is 2.05. The Morgan fingerprint density at radius 1 is 1.17 bits per heavy atom. The lowest BCUT2D eigenvalue weighted by molar-refractivity contribution is 0.0601. The zero-order valence-electron chi connectivity index (χ0n) is 13.2. The maximum atomic E-state index is 11.4. The lowest BCUT2D eigenvalue weighted by Crippen LogP contribution is -2.07. The number of hydrogen-bond donors (Lipinski definition) is 2. The van der Waals surface area contributed by atoms with Crippen molar-refractivity contribution in [3.63, 3.8) is 0 Å². The minimum Gasteiger partial charge on any atom is -0.465 e. The number of nitrogens with one attached hydrogen (secondary N) is 2. The number of benzene rings is 1. The van der Waals surface area contributed by atoms with Gasteiger partial charge in [0, 0.05) is 32.1 Å². The number of carbonyl (C=O) groups excluding carboxylic acids is 1. The quantitative estimate of drug-likeness (QED) is 0.571. The summed E-state index contributed by atoms with van der Waals surface area (Å²) >= 11 is 0. The van der Waals surface area contributed by atoms with Gasteiger partial charge in [-0.25, -0.2) is 9.78 Å². The summed E-state index contributed by atoms with van der Waals surface area (Å²) in [7, 11) is 3.03. The molecule has 2 N–H and O–H groups in total. The molecule has 1 heterocycles. The molecule has 0 spiro atoms. The van der Waals surface area contributed by atoms with Crippen molar-refractivity contribution in [3.05, 3.63) is 42.1 Å². The Kier molecular flexibility index (Phi) is 6.31. The minimum atomic E-state index is -0.366. The summed E-state index contributed by atoms with van der Waals surface area (Å²) in [6.07, 6.45) is 2.58. The van der Waals surface area contributed by atoms with Gasteiger partial charge in [0.25, 0.3) is 0 Å². The number of anilines is 3. The van der Waals surface area contributed by atoms with Gasteiger partial charge < -0.3 is 20.1 Å². The van der Waals surface area contributed by atoms with Crippen LogP contribution in [-0.2, 0) is 9.47 Å². The van der Waals surface area contributed by atoms with Crippen LogP contribution in [0, 0.1) is 0 Å². The van der Waals surface area contributed by atoms with Crippen molar-refractivity contribution in [2.75, 3.05) is 38.0 Å². The van der Waals surface area contributed by atoms with Gasteiger partial charge in [0.1, 0.15) is 5.82 Å². The number of esters is 1. The molecule has 0 atom stereocenters. The Balaban J connectivity index is 1.95. The second-order valence-corrected chi connectivity index (χ2v) is 4.73. The zero-order chi connectivity index (χ0) is 16.5. The highest BCUT2D eigenvalue weighted by Crippen LogP contribution is 2.15. The molecule has 0 bridgehead atoms. The van der Waals surface area contributed by atoms with Gasteiger partial charge in [-0.2, -0.15) is 4.98 Å². The Bertz CT molecular complexity index is 631. The minimum absolute atomic E-state index is 0.366. The average molecular weight is 316 g/mol. The molecular weight excluding hydrogens is 296 g/mol. The third-order valence-electron chi connectivity index (χ3n) is 3.05. The molecule has 0 amide bonds. The largest absolute Gasteiger partial charge is 0.465 e. The van der Waals surface area contributed by atoms with Crippen molar-refractivity contribution in [1.82, 2.24) is 9.97 Å². The van der Waals surface area contributed by atoms with Crippen LogP contribution in [0.3, 0.4) is 0 Å². The fourth-order valence-electron chi connectivity index (χ4n) is 1.89. The van der Waals surface area contributed by atoms with E-state index in [1.165, 1.54) is 7.11 Å².